The first kappa shape index (κ1) is 31.8. The molecule has 262 valence electrons. The Hall–Kier alpha value is -7.70. The molecule has 0 unspecified atom stereocenters. The van der Waals surface area contributed by atoms with E-state index in [4.69, 9.17) is 19.9 Å². The number of para-hydroxylation sites is 3. The maximum atomic E-state index is 5.22. The second kappa shape index (κ2) is 13.0. The average molecular weight is 717 g/mol. The minimum atomic E-state index is 0.554. The van der Waals surface area contributed by atoms with Crippen LogP contribution in [-0.2, 0) is 0 Å². The van der Waals surface area contributed by atoms with Gasteiger partial charge in [-0.15, -0.1) is 0 Å². The standard InChI is InChI=1S/C50H32N6/c1-4-14-33(15-5-1)42-32-43(34-16-6-2-7-17-34)53-50(52-42)47-39-20-10-12-22-41(39)51-49(54-47)36-24-27-38(28-25-36)56-44-23-13-11-21-40(44)46-45(56)29-26-35-30-31-55(48(35)46)37-18-8-3-9-19-37/h1-32H. The van der Waals surface area contributed by atoms with Crippen LogP contribution in [-0.4, -0.2) is 29.1 Å². The van der Waals surface area contributed by atoms with E-state index in [-0.39, 0.29) is 0 Å². The molecule has 0 saturated heterocycles. The summed E-state index contributed by atoms with van der Waals surface area (Å²) < 4.78 is 4.66. The summed E-state index contributed by atoms with van der Waals surface area (Å²) in [6, 6.07) is 65.1. The molecule has 0 radical (unpaired) electrons. The highest BCUT2D eigenvalue weighted by Gasteiger charge is 2.19. The minimum Gasteiger partial charge on any atom is -0.316 e. The Labute approximate surface area is 322 Å². The van der Waals surface area contributed by atoms with E-state index in [1.807, 2.05) is 60.7 Å². The molecule has 4 heterocycles. The molecular formula is C50H32N6. The zero-order valence-corrected chi connectivity index (χ0v) is 30.2. The Kier molecular flexibility index (Phi) is 7.38. The van der Waals surface area contributed by atoms with E-state index in [1.54, 1.807) is 0 Å². The molecule has 0 N–H and O–H groups in total. The maximum absolute atomic E-state index is 5.22. The molecular weight excluding hydrogens is 685 g/mol. The zero-order chi connectivity index (χ0) is 37.0. The topological polar surface area (TPSA) is 61.4 Å². The van der Waals surface area contributed by atoms with Crippen molar-refractivity contribution in [3.05, 3.63) is 194 Å². The summed E-state index contributed by atoms with van der Waals surface area (Å²) in [6.07, 6.45) is 2.17. The molecule has 11 aromatic rings. The molecule has 6 heteroatoms. The summed E-state index contributed by atoms with van der Waals surface area (Å²) in [5, 5.41) is 4.54. The lowest BCUT2D eigenvalue weighted by Crippen LogP contribution is -2.01. The van der Waals surface area contributed by atoms with Crippen LogP contribution in [0.25, 0.3) is 100 Å². The van der Waals surface area contributed by atoms with Crippen molar-refractivity contribution in [2.24, 2.45) is 0 Å². The molecule has 0 aliphatic carbocycles. The molecule has 7 aromatic carbocycles. The van der Waals surface area contributed by atoms with Gasteiger partial charge in [0.05, 0.1) is 33.5 Å². The van der Waals surface area contributed by atoms with Crippen molar-refractivity contribution < 1.29 is 0 Å². The predicted molar refractivity (Wildman–Crippen MR) is 228 cm³/mol. The van der Waals surface area contributed by atoms with E-state index in [9.17, 15) is 0 Å². The molecule has 6 nitrogen and oxygen atoms in total. The molecule has 0 fully saturated rings. The minimum absolute atomic E-state index is 0.554. The lowest BCUT2D eigenvalue weighted by Gasteiger charge is -2.12. The predicted octanol–water partition coefficient (Wildman–Crippen LogP) is 12.1. The van der Waals surface area contributed by atoms with E-state index < -0.39 is 0 Å². The summed E-state index contributed by atoms with van der Waals surface area (Å²) in [5.41, 5.74) is 11.8. The number of hydrogen-bond acceptors (Lipinski definition) is 4. The SMILES string of the molecule is c1ccc(-c2cc(-c3ccccc3)nc(-c3nc(-c4ccc(-n5c6ccccc6c6c7c(ccc65)ccn7-c5ccccc5)cc4)nc4ccccc34)n2)cc1. The summed E-state index contributed by atoms with van der Waals surface area (Å²) in [5.74, 6) is 1.17. The van der Waals surface area contributed by atoms with Crippen molar-refractivity contribution in [2.45, 2.75) is 0 Å². The monoisotopic (exact) mass is 716 g/mol. The first-order chi connectivity index (χ1) is 27.8. The molecule has 0 aliphatic heterocycles. The van der Waals surface area contributed by atoms with Crippen LogP contribution in [0.15, 0.2) is 194 Å². The molecule has 0 amide bonds. The zero-order valence-electron chi connectivity index (χ0n) is 30.2. The lowest BCUT2D eigenvalue weighted by atomic mass is 10.1. The maximum Gasteiger partial charge on any atom is 0.180 e. The molecule has 0 spiro atoms. The smallest absolute Gasteiger partial charge is 0.180 e. The van der Waals surface area contributed by atoms with Gasteiger partial charge in [-0.1, -0.05) is 121 Å². The van der Waals surface area contributed by atoms with Crippen LogP contribution in [0.5, 0.6) is 0 Å². The van der Waals surface area contributed by atoms with Crippen LogP contribution < -0.4 is 0 Å². The third kappa shape index (κ3) is 5.27. The van der Waals surface area contributed by atoms with Crippen LogP contribution in [0.4, 0.5) is 0 Å². The van der Waals surface area contributed by atoms with Crippen LogP contribution >= 0.6 is 0 Å². The highest BCUT2D eigenvalue weighted by molar-refractivity contribution is 6.20. The fraction of sp³-hybridized carbons (Fsp3) is 0. The molecule has 4 aromatic heterocycles. The third-order valence-electron chi connectivity index (χ3n) is 10.6. The number of benzene rings is 7. The number of fused-ring (bicyclic) bond motifs is 6. The van der Waals surface area contributed by atoms with Crippen LogP contribution in [0.2, 0.25) is 0 Å². The van der Waals surface area contributed by atoms with E-state index >= 15 is 0 Å². The number of nitrogens with zero attached hydrogens (tertiary/aromatic N) is 6. The van der Waals surface area contributed by atoms with Gasteiger partial charge >= 0.3 is 0 Å². The quantitative estimate of drug-likeness (QED) is 0.172. The summed E-state index contributed by atoms with van der Waals surface area (Å²) in [4.78, 5) is 20.6. The Balaban J connectivity index is 1.06. The average Bonchev–Trinajstić information content (AvgIpc) is 3.86. The van der Waals surface area contributed by atoms with Crippen LogP contribution in [0.3, 0.4) is 0 Å². The Morgan fingerprint density at radius 3 is 1.73 bits per heavy atom. The van der Waals surface area contributed by atoms with Gasteiger partial charge in [-0.3, -0.25) is 0 Å². The largest absolute Gasteiger partial charge is 0.316 e. The van der Waals surface area contributed by atoms with Gasteiger partial charge in [-0.2, -0.15) is 0 Å². The summed E-state index contributed by atoms with van der Waals surface area (Å²) >= 11 is 0. The van der Waals surface area contributed by atoms with E-state index in [1.165, 1.54) is 21.7 Å². The molecule has 0 aliphatic rings. The Morgan fingerprint density at radius 1 is 0.393 bits per heavy atom. The highest BCUT2D eigenvalue weighted by atomic mass is 15.0. The number of rotatable bonds is 6. The third-order valence-corrected chi connectivity index (χ3v) is 10.6. The van der Waals surface area contributed by atoms with Gasteiger partial charge in [0.2, 0.25) is 0 Å². The van der Waals surface area contributed by atoms with Crippen molar-refractivity contribution in [3.8, 4) is 56.8 Å². The molecule has 0 atom stereocenters. The fourth-order valence-corrected chi connectivity index (χ4v) is 7.97. The van der Waals surface area contributed by atoms with Crippen LogP contribution in [0, 0.1) is 0 Å². The van der Waals surface area contributed by atoms with Crippen molar-refractivity contribution in [1.82, 2.24) is 29.1 Å². The van der Waals surface area contributed by atoms with Crippen molar-refractivity contribution in [1.29, 1.82) is 0 Å². The van der Waals surface area contributed by atoms with Crippen LogP contribution in [0.1, 0.15) is 0 Å². The molecule has 11 rings (SSSR count). The molecule has 0 bridgehead atoms. The van der Waals surface area contributed by atoms with Crippen molar-refractivity contribution in [2.75, 3.05) is 0 Å². The van der Waals surface area contributed by atoms with Gasteiger partial charge in [0, 0.05) is 55.8 Å². The first-order valence-electron chi connectivity index (χ1n) is 18.7. The van der Waals surface area contributed by atoms with Gasteiger partial charge in [0.15, 0.2) is 11.6 Å². The second-order valence-corrected chi connectivity index (χ2v) is 13.9. The van der Waals surface area contributed by atoms with E-state index in [2.05, 4.69) is 143 Å². The van der Waals surface area contributed by atoms with Gasteiger partial charge in [0.1, 0.15) is 5.69 Å². The number of hydrogen-bond donors (Lipinski definition) is 0. The summed E-state index contributed by atoms with van der Waals surface area (Å²) in [7, 11) is 0. The van der Waals surface area contributed by atoms with Crippen molar-refractivity contribution in [3.63, 3.8) is 0 Å². The van der Waals surface area contributed by atoms with Gasteiger partial charge in [-0.25, -0.2) is 19.9 Å². The lowest BCUT2D eigenvalue weighted by molar-refractivity contribution is 1.13. The first-order valence-corrected chi connectivity index (χ1v) is 18.7. The molecule has 56 heavy (non-hydrogen) atoms. The van der Waals surface area contributed by atoms with E-state index in [0.717, 1.165) is 61.4 Å². The van der Waals surface area contributed by atoms with Gasteiger partial charge in [0.25, 0.3) is 0 Å². The normalized spacial score (nSPS) is 11.6. The van der Waals surface area contributed by atoms with Gasteiger partial charge in [-0.05, 0) is 66.7 Å². The van der Waals surface area contributed by atoms with Crippen molar-refractivity contribution >= 4 is 43.6 Å². The Bertz CT molecular complexity index is 3160. The fourth-order valence-electron chi connectivity index (χ4n) is 7.97. The Morgan fingerprint density at radius 2 is 1.02 bits per heavy atom. The highest BCUT2D eigenvalue weighted by Crippen LogP contribution is 2.39. The molecule has 0 saturated carbocycles. The second-order valence-electron chi connectivity index (χ2n) is 13.9. The van der Waals surface area contributed by atoms with E-state index in [0.29, 0.717) is 17.3 Å². The summed E-state index contributed by atoms with van der Waals surface area (Å²) in [6.45, 7) is 0. The van der Waals surface area contributed by atoms with Gasteiger partial charge < -0.3 is 9.13 Å². The number of aromatic nitrogens is 6.